The van der Waals surface area contributed by atoms with Crippen molar-refractivity contribution in [2.24, 2.45) is 0 Å². The largest absolute Gasteiger partial charge is 0.504 e. The van der Waals surface area contributed by atoms with E-state index in [0.717, 1.165) is 0 Å². The van der Waals surface area contributed by atoms with Gasteiger partial charge in [0.1, 0.15) is 11.3 Å². The molecule has 0 amide bonds. The topological polar surface area (TPSA) is 105 Å². The zero-order valence-electron chi connectivity index (χ0n) is 13.9. The van der Waals surface area contributed by atoms with Gasteiger partial charge in [0.25, 0.3) is 0 Å². The predicted octanol–water partition coefficient (Wildman–Crippen LogP) is 2.73. The maximum Gasteiger partial charge on any atom is 0.208 e. The number of rotatable bonds is 6. The summed E-state index contributed by atoms with van der Waals surface area (Å²) in [5.74, 6) is -2.71. The molecule has 0 aliphatic rings. The number of ether oxygens (including phenoxy) is 3. The van der Waals surface area contributed by atoms with Crippen LogP contribution in [0.15, 0.2) is 30.3 Å². The minimum atomic E-state index is -0.692. The molecule has 3 N–H and O–H groups in total. The van der Waals surface area contributed by atoms with Crippen molar-refractivity contribution in [1.82, 2.24) is 0 Å². The average Bonchev–Trinajstić information content (AvgIpc) is 2.61. The normalized spacial score (nSPS) is 10.7. The van der Waals surface area contributed by atoms with Gasteiger partial charge in [0.15, 0.2) is 17.3 Å². The summed E-state index contributed by atoms with van der Waals surface area (Å²) in [6, 6.07) is 6.93. The van der Waals surface area contributed by atoms with E-state index in [1.54, 1.807) is 31.4 Å². The Balaban J connectivity index is 2.42. The van der Waals surface area contributed by atoms with E-state index in [1.165, 1.54) is 26.4 Å². The van der Waals surface area contributed by atoms with Gasteiger partial charge in [-0.25, -0.2) is 0 Å². The molecule has 2 aromatic rings. The first-order valence-corrected chi connectivity index (χ1v) is 7.19. The molecule has 0 aliphatic heterocycles. The standard InChI is InChI=1S/C18H18O7/c1-23-11-7-4-10(5-8-11)6-9-12(19)13-14(20)17(24-2)16(22)18(25-3)15(13)21/h4-9,20-22H,1-3H3/b9-6+. The van der Waals surface area contributed by atoms with Crippen LogP contribution in [0.1, 0.15) is 15.9 Å². The molecule has 0 saturated carbocycles. The summed E-state index contributed by atoms with van der Waals surface area (Å²) >= 11 is 0. The number of carbonyl (C=O) groups excluding carboxylic acids is 1. The van der Waals surface area contributed by atoms with Crippen molar-refractivity contribution in [2.75, 3.05) is 21.3 Å². The van der Waals surface area contributed by atoms with Crippen LogP contribution in [0.25, 0.3) is 6.08 Å². The molecule has 25 heavy (non-hydrogen) atoms. The summed E-state index contributed by atoms with van der Waals surface area (Å²) in [7, 11) is 3.95. The summed E-state index contributed by atoms with van der Waals surface area (Å²) in [4.78, 5) is 12.4. The van der Waals surface area contributed by atoms with Gasteiger partial charge in [-0.2, -0.15) is 0 Å². The Bertz CT molecular complexity index is 776. The van der Waals surface area contributed by atoms with Crippen LogP contribution in [-0.4, -0.2) is 42.4 Å². The molecular formula is C18H18O7. The lowest BCUT2D eigenvalue weighted by molar-refractivity contribution is 0.104. The maximum atomic E-state index is 12.4. The van der Waals surface area contributed by atoms with Gasteiger partial charge < -0.3 is 29.5 Å². The molecule has 132 valence electrons. The van der Waals surface area contributed by atoms with Crippen molar-refractivity contribution in [1.29, 1.82) is 0 Å². The van der Waals surface area contributed by atoms with Gasteiger partial charge in [-0.05, 0) is 23.8 Å². The summed E-state index contributed by atoms with van der Waals surface area (Å²) in [6.07, 6.45) is 2.68. The van der Waals surface area contributed by atoms with Crippen molar-refractivity contribution in [3.8, 4) is 34.5 Å². The quantitative estimate of drug-likeness (QED) is 0.545. The average molecular weight is 346 g/mol. The van der Waals surface area contributed by atoms with E-state index < -0.39 is 28.6 Å². The first kappa shape index (κ1) is 18.0. The third-order valence-corrected chi connectivity index (χ3v) is 3.53. The molecular weight excluding hydrogens is 328 g/mol. The SMILES string of the molecule is COc1ccc(/C=C/C(=O)c2c(O)c(OC)c(O)c(OC)c2O)cc1. The molecule has 0 aromatic heterocycles. The first-order valence-electron chi connectivity index (χ1n) is 7.19. The Morgan fingerprint density at radius 1 is 0.840 bits per heavy atom. The fraction of sp³-hybridized carbons (Fsp3) is 0.167. The van der Waals surface area contributed by atoms with Gasteiger partial charge in [-0.3, -0.25) is 4.79 Å². The number of carbonyl (C=O) groups is 1. The second kappa shape index (κ2) is 7.48. The summed E-state index contributed by atoms with van der Waals surface area (Å²) in [5.41, 5.74) is 0.280. The van der Waals surface area contributed by atoms with Crippen molar-refractivity contribution in [3.63, 3.8) is 0 Å². The van der Waals surface area contributed by atoms with E-state index >= 15 is 0 Å². The number of allylic oxidation sites excluding steroid dienone is 1. The molecule has 0 radical (unpaired) electrons. The van der Waals surface area contributed by atoms with Crippen molar-refractivity contribution in [3.05, 3.63) is 41.5 Å². The molecule has 7 heteroatoms. The smallest absolute Gasteiger partial charge is 0.208 e. The molecule has 0 atom stereocenters. The van der Waals surface area contributed by atoms with E-state index in [9.17, 15) is 20.1 Å². The monoisotopic (exact) mass is 346 g/mol. The lowest BCUT2D eigenvalue weighted by Crippen LogP contribution is -2.00. The highest BCUT2D eigenvalue weighted by Gasteiger charge is 2.28. The summed E-state index contributed by atoms with van der Waals surface area (Å²) < 4.78 is 14.8. The van der Waals surface area contributed by atoms with Crippen LogP contribution < -0.4 is 14.2 Å². The Hall–Kier alpha value is -3.35. The molecule has 0 unspecified atom stereocenters. The third kappa shape index (κ3) is 3.45. The minimum Gasteiger partial charge on any atom is -0.504 e. The van der Waals surface area contributed by atoms with Crippen LogP contribution in [0.3, 0.4) is 0 Å². The number of phenols is 3. The zero-order valence-corrected chi connectivity index (χ0v) is 13.9. The Kier molecular flexibility index (Phi) is 5.38. The molecule has 7 nitrogen and oxygen atoms in total. The van der Waals surface area contributed by atoms with Gasteiger partial charge in [0.2, 0.25) is 17.2 Å². The molecule has 0 fully saturated rings. The van der Waals surface area contributed by atoms with E-state index in [0.29, 0.717) is 11.3 Å². The lowest BCUT2D eigenvalue weighted by atomic mass is 10.0. The predicted molar refractivity (Wildman–Crippen MR) is 90.9 cm³/mol. The molecule has 2 rings (SSSR count). The highest BCUT2D eigenvalue weighted by atomic mass is 16.5. The maximum absolute atomic E-state index is 12.4. The third-order valence-electron chi connectivity index (χ3n) is 3.53. The van der Waals surface area contributed by atoms with Crippen LogP contribution in [-0.2, 0) is 0 Å². The van der Waals surface area contributed by atoms with Gasteiger partial charge in [-0.15, -0.1) is 0 Å². The molecule has 0 aliphatic carbocycles. The molecule has 0 saturated heterocycles. The summed E-state index contributed by atoms with van der Waals surface area (Å²) in [6.45, 7) is 0. The van der Waals surface area contributed by atoms with Gasteiger partial charge in [0.05, 0.1) is 21.3 Å². The lowest BCUT2D eigenvalue weighted by Gasteiger charge is -2.14. The van der Waals surface area contributed by atoms with Crippen LogP contribution in [0, 0.1) is 0 Å². The Morgan fingerprint density at radius 3 is 1.80 bits per heavy atom. The molecule has 0 bridgehead atoms. The fourth-order valence-corrected chi connectivity index (χ4v) is 2.26. The Labute approximate surface area is 144 Å². The molecule has 2 aromatic carbocycles. The number of benzene rings is 2. The minimum absolute atomic E-state index is 0.365. The summed E-state index contributed by atoms with van der Waals surface area (Å²) in [5, 5.41) is 30.2. The zero-order chi connectivity index (χ0) is 18.6. The second-order valence-electron chi connectivity index (χ2n) is 4.96. The van der Waals surface area contributed by atoms with Gasteiger partial charge in [-0.1, -0.05) is 18.2 Å². The van der Waals surface area contributed by atoms with E-state index in [2.05, 4.69) is 0 Å². The van der Waals surface area contributed by atoms with Crippen molar-refractivity contribution < 1.29 is 34.3 Å². The number of methoxy groups -OCH3 is 3. The van der Waals surface area contributed by atoms with E-state index in [-0.39, 0.29) is 11.5 Å². The molecule has 0 spiro atoms. The highest BCUT2D eigenvalue weighted by molar-refractivity contribution is 6.12. The number of hydrogen-bond acceptors (Lipinski definition) is 7. The van der Waals surface area contributed by atoms with Crippen LogP contribution in [0.4, 0.5) is 0 Å². The molecule has 0 heterocycles. The number of hydrogen-bond donors (Lipinski definition) is 3. The highest BCUT2D eigenvalue weighted by Crippen LogP contribution is 2.52. The van der Waals surface area contributed by atoms with Crippen LogP contribution in [0.5, 0.6) is 34.5 Å². The number of ketones is 1. The first-order chi connectivity index (χ1) is 11.9. The van der Waals surface area contributed by atoms with E-state index in [1.807, 2.05) is 0 Å². The number of phenolic OH excluding ortho intramolecular Hbond substituents is 3. The Morgan fingerprint density at radius 2 is 1.36 bits per heavy atom. The van der Waals surface area contributed by atoms with Crippen molar-refractivity contribution >= 4 is 11.9 Å². The van der Waals surface area contributed by atoms with E-state index in [4.69, 9.17) is 14.2 Å². The van der Waals surface area contributed by atoms with Crippen molar-refractivity contribution in [2.45, 2.75) is 0 Å². The van der Waals surface area contributed by atoms with Gasteiger partial charge >= 0.3 is 0 Å². The van der Waals surface area contributed by atoms with Crippen LogP contribution in [0.2, 0.25) is 0 Å². The van der Waals surface area contributed by atoms with Gasteiger partial charge in [0, 0.05) is 0 Å². The van der Waals surface area contributed by atoms with Crippen LogP contribution >= 0.6 is 0 Å². The fourth-order valence-electron chi connectivity index (χ4n) is 2.26. The second-order valence-corrected chi connectivity index (χ2v) is 4.96. The number of aromatic hydroxyl groups is 3.